The number of nitrogens with zero attached hydrogens (tertiary/aromatic N) is 5. The van der Waals surface area contributed by atoms with Crippen molar-refractivity contribution in [2.45, 2.75) is 38.0 Å². The van der Waals surface area contributed by atoms with Gasteiger partial charge in [0.05, 0.1) is 42.8 Å². The molecule has 0 radical (unpaired) electrons. The first-order chi connectivity index (χ1) is 14.5. The third kappa shape index (κ3) is 2.61. The summed E-state index contributed by atoms with van der Waals surface area (Å²) in [5.74, 6) is 1.43. The van der Waals surface area contributed by atoms with E-state index in [0.29, 0.717) is 48.2 Å². The van der Waals surface area contributed by atoms with Crippen molar-refractivity contribution in [3.63, 3.8) is 0 Å². The van der Waals surface area contributed by atoms with Crippen LogP contribution in [0.3, 0.4) is 0 Å². The first-order valence-corrected chi connectivity index (χ1v) is 10.1. The molecule has 3 aliphatic rings. The number of ether oxygens (including phenoxy) is 2. The summed E-state index contributed by atoms with van der Waals surface area (Å²) in [5, 5.41) is 7.71. The number of hydrogen-bond acceptors (Lipinski definition) is 7. The zero-order chi connectivity index (χ0) is 20.5. The van der Waals surface area contributed by atoms with Crippen molar-refractivity contribution in [1.29, 1.82) is 0 Å². The third-order valence-corrected chi connectivity index (χ3v) is 6.05. The number of halogens is 1. The highest BCUT2D eigenvalue weighted by Crippen LogP contribution is 2.50. The van der Waals surface area contributed by atoms with E-state index in [4.69, 9.17) is 14.5 Å². The lowest BCUT2D eigenvalue weighted by molar-refractivity contribution is 0.210. The fraction of sp³-hybridized carbons (Fsp3) is 0.381. The van der Waals surface area contributed by atoms with Crippen LogP contribution in [0.15, 0.2) is 31.2 Å². The van der Waals surface area contributed by atoms with Crippen LogP contribution >= 0.6 is 0 Å². The normalized spacial score (nSPS) is 21.7. The van der Waals surface area contributed by atoms with E-state index >= 15 is 0 Å². The van der Waals surface area contributed by atoms with E-state index in [-0.39, 0.29) is 17.5 Å². The number of hydrogen-bond donors (Lipinski definition) is 1. The molecular weight excluding hydrogens is 387 g/mol. The van der Waals surface area contributed by atoms with Crippen molar-refractivity contribution >= 4 is 17.2 Å². The average Bonchev–Trinajstić information content (AvgIpc) is 3.39. The lowest BCUT2D eigenvalue weighted by Gasteiger charge is -2.38. The van der Waals surface area contributed by atoms with Gasteiger partial charge in [-0.2, -0.15) is 5.10 Å². The molecule has 0 unspecified atom stereocenters. The van der Waals surface area contributed by atoms with Crippen LogP contribution in [0.2, 0.25) is 0 Å². The van der Waals surface area contributed by atoms with Crippen molar-refractivity contribution in [3.05, 3.63) is 48.2 Å². The fourth-order valence-electron chi connectivity index (χ4n) is 4.16. The predicted octanol–water partition coefficient (Wildman–Crippen LogP) is 2.54. The average molecular weight is 408 g/mol. The van der Waals surface area contributed by atoms with Gasteiger partial charge in [0.25, 0.3) is 0 Å². The molecule has 5 heterocycles. The summed E-state index contributed by atoms with van der Waals surface area (Å²) in [5.41, 5.74) is 2.78. The van der Waals surface area contributed by atoms with Crippen molar-refractivity contribution < 1.29 is 13.9 Å². The van der Waals surface area contributed by atoms with Crippen LogP contribution < -0.4 is 19.7 Å². The number of nitrogens with one attached hydrogen (secondary N) is 1. The fourth-order valence-corrected chi connectivity index (χ4v) is 4.16. The Morgan fingerprint density at radius 3 is 3.03 bits per heavy atom. The molecule has 9 heteroatoms. The summed E-state index contributed by atoms with van der Waals surface area (Å²) in [6, 6.07) is 1.50. The Bertz CT molecular complexity index is 1190. The van der Waals surface area contributed by atoms with Gasteiger partial charge in [-0.25, -0.2) is 18.9 Å². The molecule has 1 spiro atoms. The molecule has 0 amide bonds. The SMILES string of the molecule is C=C1NC[C@H](C)Oc2ncc(F)cc2CN2c3nc4c1cnn4cc3OCC21CC1. The van der Waals surface area contributed by atoms with Crippen molar-refractivity contribution in [3.8, 4) is 11.6 Å². The molecule has 6 rings (SSSR count). The predicted molar refractivity (Wildman–Crippen MR) is 108 cm³/mol. The van der Waals surface area contributed by atoms with E-state index in [9.17, 15) is 4.39 Å². The van der Waals surface area contributed by atoms with Crippen LogP contribution in [-0.2, 0) is 6.54 Å². The van der Waals surface area contributed by atoms with Gasteiger partial charge in [0.2, 0.25) is 5.88 Å². The first kappa shape index (κ1) is 17.5. The summed E-state index contributed by atoms with van der Waals surface area (Å²) in [7, 11) is 0. The Labute approximate surface area is 172 Å². The minimum absolute atomic E-state index is 0.136. The largest absolute Gasteiger partial charge is 0.486 e. The van der Waals surface area contributed by atoms with E-state index in [1.54, 1.807) is 10.7 Å². The highest BCUT2D eigenvalue weighted by molar-refractivity contribution is 5.75. The van der Waals surface area contributed by atoms with E-state index < -0.39 is 0 Å². The number of pyridine rings is 1. The van der Waals surface area contributed by atoms with Crippen molar-refractivity contribution in [2.24, 2.45) is 0 Å². The highest BCUT2D eigenvalue weighted by Gasteiger charge is 2.53. The molecule has 3 aromatic heterocycles. The van der Waals surface area contributed by atoms with Crippen LogP contribution in [0.25, 0.3) is 11.3 Å². The molecule has 0 saturated heterocycles. The van der Waals surface area contributed by atoms with Gasteiger partial charge < -0.3 is 19.7 Å². The van der Waals surface area contributed by atoms with Crippen LogP contribution in [0.5, 0.6) is 11.6 Å². The quantitative estimate of drug-likeness (QED) is 0.613. The van der Waals surface area contributed by atoms with Crippen molar-refractivity contribution in [2.75, 3.05) is 18.1 Å². The summed E-state index contributed by atoms with van der Waals surface area (Å²) >= 11 is 0. The number of fused-ring (bicyclic) bond motifs is 2. The Balaban J connectivity index is 1.56. The second-order valence-corrected chi connectivity index (χ2v) is 8.26. The highest BCUT2D eigenvalue weighted by atomic mass is 19.1. The molecule has 2 bridgehead atoms. The summed E-state index contributed by atoms with van der Waals surface area (Å²) in [6.45, 7) is 7.60. The van der Waals surface area contributed by atoms with Gasteiger partial charge in [-0.15, -0.1) is 0 Å². The van der Waals surface area contributed by atoms with Gasteiger partial charge in [0, 0.05) is 11.3 Å². The van der Waals surface area contributed by atoms with Crippen LogP contribution in [0.4, 0.5) is 10.2 Å². The number of rotatable bonds is 0. The van der Waals surface area contributed by atoms with Gasteiger partial charge in [0.1, 0.15) is 18.5 Å². The van der Waals surface area contributed by atoms with E-state index in [1.807, 2.05) is 13.1 Å². The summed E-state index contributed by atoms with van der Waals surface area (Å²) in [6.07, 6.45) is 6.58. The van der Waals surface area contributed by atoms with Gasteiger partial charge in [0.15, 0.2) is 17.2 Å². The number of anilines is 1. The molecule has 3 aromatic rings. The molecule has 154 valence electrons. The molecule has 1 atom stereocenters. The minimum atomic E-state index is -0.388. The van der Waals surface area contributed by atoms with Crippen molar-refractivity contribution in [1.82, 2.24) is 24.9 Å². The van der Waals surface area contributed by atoms with Gasteiger partial charge in [-0.1, -0.05) is 6.58 Å². The van der Waals surface area contributed by atoms with Gasteiger partial charge >= 0.3 is 0 Å². The Hall–Kier alpha value is -3.36. The first-order valence-electron chi connectivity index (χ1n) is 10.1. The molecular formula is C21H21FN6O2. The molecule has 1 saturated carbocycles. The maximum absolute atomic E-state index is 14.1. The molecule has 1 fully saturated rings. The van der Waals surface area contributed by atoms with E-state index in [2.05, 4.69) is 26.9 Å². The van der Waals surface area contributed by atoms with E-state index in [0.717, 1.165) is 24.2 Å². The lowest BCUT2D eigenvalue weighted by Crippen LogP contribution is -2.45. The van der Waals surface area contributed by atoms with Crippen LogP contribution in [0, 0.1) is 5.82 Å². The second-order valence-electron chi connectivity index (χ2n) is 8.26. The second kappa shape index (κ2) is 6.07. The zero-order valence-electron chi connectivity index (χ0n) is 16.6. The molecule has 2 aliphatic heterocycles. The maximum Gasteiger partial charge on any atom is 0.218 e. The van der Waals surface area contributed by atoms with Crippen LogP contribution in [-0.4, -0.2) is 44.4 Å². The molecule has 1 aliphatic carbocycles. The smallest absolute Gasteiger partial charge is 0.218 e. The maximum atomic E-state index is 14.1. The lowest BCUT2D eigenvalue weighted by atomic mass is 10.1. The third-order valence-electron chi connectivity index (χ3n) is 6.05. The molecule has 0 aromatic carbocycles. The molecule has 1 N–H and O–H groups in total. The van der Waals surface area contributed by atoms with Crippen LogP contribution in [0.1, 0.15) is 30.9 Å². The molecule has 8 nitrogen and oxygen atoms in total. The Morgan fingerprint density at radius 1 is 1.33 bits per heavy atom. The number of aromatic nitrogens is 4. The van der Waals surface area contributed by atoms with Gasteiger partial charge in [-0.05, 0) is 25.8 Å². The van der Waals surface area contributed by atoms with Gasteiger partial charge in [-0.3, -0.25) is 0 Å². The monoisotopic (exact) mass is 408 g/mol. The topological polar surface area (TPSA) is 76.8 Å². The van der Waals surface area contributed by atoms with E-state index in [1.165, 1.54) is 12.3 Å². The zero-order valence-corrected chi connectivity index (χ0v) is 16.6. The molecule has 30 heavy (non-hydrogen) atoms. The Kier molecular flexibility index (Phi) is 3.54. The minimum Gasteiger partial charge on any atom is -0.486 e. The Morgan fingerprint density at radius 2 is 2.20 bits per heavy atom. The summed E-state index contributed by atoms with van der Waals surface area (Å²) in [4.78, 5) is 11.4. The standard InChI is InChI=1S/C21H21FN6O2/c1-12-6-23-13(2)16-8-25-28-10-17-19(26-18(16)28)27(21(3-4-21)11-29-17)9-14-5-15(22)7-24-20(14)30-12/h5,7-8,10,12,23H,2-4,6,9,11H2,1H3/t12-/m0/s1. The summed E-state index contributed by atoms with van der Waals surface area (Å²) < 4.78 is 27.9.